The summed E-state index contributed by atoms with van der Waals surface area (Å²) in [5.74, 6) is -8.08. The Morgan fingerprint density at radius 1 is 0.726 bits per heavy atom. The van der Waals surface area contributed by atoms with Crippen LogP contribution in [0.3, 0.4) is 0 Å². The number of guanidine groups is 2. The standard InChI is InChI=1S/C36H64N14O11S/c1-19(2)15-23(49-32(58)24(16-28(53)54)48-29(55)20(37)10-14-62-3)30(56)45-18-27(52)50-13-6-9-25(50)33(59)44-17-26(51)46-21(7-4-11-42-35(38)39)31(57)47-22(34(60)61)8-5-12-43-36(40)41/h19-25H,4-18,37H2,1-3H3,(H,44,59)(H,45,56)(H,46,51)(H,47,57)(H,48,55)(H,49,58)(H,53,54)(H,60,61)(H4,38,39,42)(H4,40,41,43)/t20-,21-,22-,23-,24-,25-/m0/s1. The summed E-state index contributed by atoms with van der Waals surface area (Å²) < 4.78 is 0. The molecule has 350 valence electrons. The number of amides is 7. The molecule has 1 fully saturated rings. The molecule has 26 heteroatoms. The summed E-state index contributed by atoms with van der Waals surface area (Å²) in [7, 11) is 0. The van der Waals surface area contributed by atoms with Crippen molar-refractivity contribution in [1.29, 1.82) is 0 Å². The first-order valence-electron chi connectivity index (χ1n) is 20.0. The van der Waals surface area contributed by atoms with Gasteiger partial charge in [0.25, 0.3) is 0 Å². The van der Waals surface area contributed by atoms with E-state index < -0.39 is 109 Å². The number of likely N-dealkylation sites (tertiary alicyclic amines) is 1. The van der Waals surface area contributed by atoms with E-state index in [1.54, 1.807) is 13.8 Å². The lowest BCUT2D eigenvalue weighted by molar-refractivity contribution is -0.142. The van der Waals surface area contributed by atoms with E-state index in [4.69, 9.17) is 28.7 Å². The van der Waals surface area contributed by atoms with Gasteiger partial charge in [-0.1, -0.05) is 13.8 Å². The van der Waals surface area contributed by atoms with Crippen LogP contribution in [0.25, 0.3) is 0 Å². The highest BCUT2D eigenvalue weighted by Gasteiger charge is 2.36. The predicted octanol–water partition coefficient (Wildman–Crippen LogP) is -5.06. The van der Waals surface area contributed by atoms with Gasteiger partial charge in [0, 0.05) is 19.6 Å². The van der Waals surface area contributed by atoms with Gasteiger partial charge in [-0.05, 0) is 69.3 Å². The van der Waals surface area contributed by atoms with E-state index in [9.17, 15) is 53.4 Å². The number of nitrogens with two attached hydrogens (primary N) is 5. The molecule has 1 heterocycles. The van der Waals surface area contributed by atoms with Gasteiger partial charge in [-0.2, -0.15) is 11.8 Å². The summed E-state index contributed by atoms with van der Waals surface area (Å²) in [5, 5.41) is 33.6. The zero-order valence-corrected chi connectivity index (χ0v) is 36.2. The zero-order valence-electron chi connectivity index (χ0n) is 35.4. The van der Waals surface area contributed by atoms with Crippen molar-refractivity contribution in [3.63, 3.8) is 0 Å². The second-order valence-electron chi connectivity index (χ2n) is 14.8. The van der Waals surface area contributed by atoms with Gasteiger partial charge < -0.3 is 75.7 Å². The summed E-state index contributed by atoms with van der Waals surface area (Å²) >= 11 is 1.45. The number of hydrogen-bond donors (Lipinski definition) is 13. The van der Waals surface area contributed by atoms with Crippen molar-refractivity contribution in [3.8, 4) is 0 Å². The van der Waals surface area contributed by atoms with Gasteiger partial charge in [0.05, 0.1) is 25.6 Å². The number of carboxylic acids is 2. The van der Waals surface area contributed by atoms with Gasteiger partial charge in [0.2, 0.25) is 41.4 Å². The maximum atomic E-state index is 13.3. The molecule has 7 amide bonds. The van der Waals surface area contributed by atoms with Crippen LogP contribution in [0, 0.1) is 5.92 Å². The minimum Gasteiger partial charge on any atom is -0.481 e. The quantitative estimate of drug-likeness (QED) is 0.0190. The first-order chi connectivity index (χ1) is 29.2. The lowest BCUT2D eigenvalue weighted by Crippen LogP contribution is -2.57. The molecule has 0 saturated carbocycles. The normalized spacial score (nSPS) is 15.7. The Hall–Kier alpha value is -5.92. The Labute approximate surface area is 363 Å². The van der Waals surface area contributed by atoms with Crippen molar-refractivity contribution in [2.75, 3.05) is 44.7 Å². The van der Waals surface area contributed by atoms with Crippen LogP contribution in [-0.4, -0.2) is 161 Å². The predicted molar refractivity (Wildman–Crippen MR) is 229 cm³/mol. The van der Waals surface area contributed by atoms with Crippen LogP contribution >= 0.6 is 11.8 Å². The van der Waals surface area contributed by atoms with E-state index in [0.29, 0.717) is 12.2 Å². The molecule has 6 atom stereocenters. The Morgan fingerprint density at radius 3 is 1.84 bits per heavy atom. The van der Waals surface area contributed by atoms with E-state index in [1.165, 1.54) is 16.7 Å². The number of rotatable bonds is 29. The van der Waals surface area contributed by atoms with E-state index in [0.717, 1.165) is 0 Å². The molecule has 0 bridgehead atoms. The van der Waals surface area contributed by atoms with Crippen molar-refractivity contribution in [2.24, 2.45) is 44.6 Å². The van der Waals surface area contributed by atoms with E-state index >= 15 is 0 Å². The summed E-state index contributed by atoms with van der Waals surface area (Å²) in [6.45, 7) is 2.72. The number of aliphatic carboxylic acids is 2. The van der Waals surface area contributed by atoms with E-state index in [2.05, 4.69) is 41.9 Å². The fourth-order valence-electron chi connectivity index (χ4n) is 6.08. The molecule has 1 saturated heterocycles. The second kappa shape index (κ2) is 28.6. The number of carboxylic acid groups (broad SMARTS) is 2. The molecule has 0 aromatic heterocycles. The highest BCUT2D eigenvalue weighted by Crippen LogP contribution is 2.17. The van der Waals surface area contributed by atoms with Crippen molar-refractivity contribution in [1.82, 2.24) is 36.8 Å². The Balaban J connectivity index is 2.94. The van der Waals surface area contributed by atoms with Gasteiger partial charge in [-0.25, -0.2) is 4.79 Å². The molecular formula is C36H64N14O11S. The van der Waals surface area contributed by atoms with Crippen molar-refractivity contribution >= 4 is 77.0 Å². The maximum absolute atomic E-state index is 13.3. The molecule has 0 aliphatic carbocycles. The average molecular weight is 901 g/mol. The maximum Gasteiger partial charge on any atom is 0.326 e. The van der Waals surface area contributed by atoms with Crippen molar-refractivity contribution < 1.29 is 53.4 Å². The molecule has 0 spiro atoms. The smallest absolute Gasteiger partial charge is 0.326 e. The number of hydrogen-bond acceptors (Lipinski definition) is 13. The van der Waals surface area contributed by atoms with Crippen molar-refractivity contribution in [2.45, 2.75) is 108 Å². The van der Waals surface area contributed by atoms with Crippen LogP contribution in [-0.2, 0) is 43.2 Å². The molecule has 0 unspecified atom stereocenters. The van der Waals surface area contributed by atoms with Crippen LogP contribution in [0.1, 0.15) is 71.6 Å². The summed E-state index contributed by atoms with van der Waals surface area (Å²) in [6.07, 6.45) is 2.45. The third kappa shape index (κ3) is 21.6. The fraction of sp³-hybridized carbons (Fsp3) is 0.694. The molecule has 1 aliphatic heterocycles. The van der Waals surface area contributed by atoms with Crippen LogP contribution in [0.2, 0.25) is 0 Å². The Morgan fingerprint density at radius 2 is 1.29 bits per heavy atom. The van der Waals surface area contributed by atoms with E-state index in [-0.39, 0.29) is 82.4 Å². The Kier molecular flexibility index (Phi) is 24.9. The molecule has 0 aromatic rings. The second-order valence-corrected chi connectivity index (χ2v) is 15.8. The molecule has 62 heavy (non-hydrogen) atoms. The third-order valence-corrected chi connectivity index (χ3v) is 9.84. The number of aliphatic imine (C=N–C) groups is 2. The third-order valence-electron chi connectivity index (χ3n) is 9.19. The molecule has 25 nitrogen and oxygen atoms in total. The van der Waals surface area contributed by atoms with Gasteiger partial charge in [-0.15, -0.1) is 0 Å². The molecule has 1 rings (SSSR count). The van der Waals surface area contributed by atoms with Gasteiger partial charge in [0.1, 0.15) is 30.2 Å². The molecule has 0 radical (unpaired) electrons. The van der Waals surface area contributed by atoms with Crippen molar-refractivity contribution in [3.05, 3.63) is 0 Å². The van der Waals surface area contributed by atoms with E-state index in [1.807, 2.05) is 6.26 Å². The van der Waals surface area contributed by atoms with Crippen LogP contribution < -0.4 is 60.6 Å². The summed E-state index contributed by atoms with van der Waals surface area (Å²) in [5.41, 5.74) is 27.2. The summed E-state index contributed by atoms with van der Waals surface area (Å²) in [4.78, 5) is 124. The minimum atomic E-state index is -1.54. The van der Waals surface area contributed by atoms with Crippen LogP contribution in [0.15, 0.2) is 9.98 Å². The number of carbonyl (C=O) groups is 9. The SMILES string of the molecule is CSCC[C@H](N)C(=O)N[C@@H](CC(=O)O)C(=O)N[C@@H](CC(C)C)C(=O)NCC(=O)N1CCC[C@H]1C(=O)NCC(=O)N[C@@H](CCCN=C(N)N)C(=O)N[C@@H](CCCN=C(N)N)C(=O)O. The van der Waals surface area contributed by atoms with Crippen LogP contribution in [0.5, 0.6) is 0 Å². The molecule has 1 aliphatic rings. The number of carbonyl (C=O) groups excluding carboxylic acids is 7. The van der Waals surface area contributed by atoms with Crippen LogP contribution in [0.4, 0.5) is 0 Å². The minimum absolute atomic E-state index is 0.00630. The first-order valence-corrected chi connectivity index (χ1v) is 21.4. The van der Waals surface area contributed by atoms with Gasteiger partial charge in [-0.3, -0.25) is 48.3 Å². The lowest BCUT2D eigenvalue weighted by Gasteiger charge is -2.26. The number of nitrogens with one attached hydrogen (secondary N) is 6. The lowest BCUT2D eigenvalue weighted by atomic mass is 10.0. The average Bonchev–Trinajstić information content (AvgIpc) is 3.69. The largest absolute Gasteiger partial charge is 0.481 e. The highest BCUT2D eigenvalue weighted by atomic mass is 32.2. The van der Waals surface area contributed by atoms with Gasteiger partial charge in [0.15, 0.2) is 11.9 Å². The van der Waals surface area contributed by atoms with Gasteiger partial charge >= 0.3 is 11.9 Å². The topological polar surface area (TPSA) is 424 Å². The monoisotopic (exact) mass is 900 g/mol. The number of nitrogens with zero attached hydrogens (tertiary/aromatic N) is 3. The molecular weight excluding hydrogens is 837 g/mol. The zero-order chi connectivity index (χ0) is 46.9. The molecule has 0 aromatic carbocycles. The number of thioether (sulfide) groups is 1. The Bertz CT molecular complexity index is 1620. The molecule has 18 N–H and O–H groups in total. The fourth-order valence-corrected chi connectivity index (χ4v) is 6.56. The first kappa shape index (κ1) is 54.1. The highest BCUT2D eigenvalue weighted by molar-refractivity contribution is 7.98. The summed E-state index contributed by atoms with van der Waals surface area (Å²) in [6, 6.07) is -7.37.